The van der Waals surface area contributed by atoms with Crippen LogP contribution in [0, 0.1) is 0 Å². The molecule has 4 heteroatoms. The summed E-state index contributed by atoms with van der Waals surface area (Å²) in [5.74, 6) is 0.918. The summed E-state index contributed by atoms with van der Waals surface area (Å²) >= 11 is 3.43. The van der Waals surface area contributed by atoms with Gasteiger partial charge in [0, 0.05) is 31.2 Å². The summed E-state index contributed by atoms with van der Waals surface area (Å²) in [7, 11) is 1.78. The molecule has 0 amide bonds. The first kappa shape index (κ1) is 12.9. The molecule has 0 aliphatic carbocycles. The van der Waals surface area contributed by atoms with Crippen LogP contribution in [0.25, 0.3) is 0 Å². The quantitative estimate of drug-likeness (QED) is 0.834. The molecule has 0 N–H and O–H groups in total. The molecule has 1 saturated heterocycles. The third kappa shape index (κ3) is 3.98. The summed E-state index contributed by atoms with van der Waals surface area (Å²) in [5.41, 5.74) is 0. The zero-order valence-corrected chi connectivity index (χ0v) is 11.6. The number of methoxy groups -OCH3 is 1. The van der Waals surface area contributed by atoms with E-state index in [9.17, 15) is 0 Å². The van der Waals surface area contributed by atoms with Crippen molar-refractivity contribution in [1.82, 2.24) is 4.90 Å². The second-order valence-electron chi connectivity index (χ2n) is 4.25. The Bertz CT molecular complexity index is 359. The van der Waals surface area contributed by atoms with Crippen molar-refractivity contribution >= 4 is 15.9 Å². The van der Waals surface area contributed by atoms with Gasteiger partial charge in [0.15, 0.2) is 0 Å². The molecular formula is C13H18BrNO2. The molecule has 1 fully saturated rings. The monoisotopic (exact) mass is 299 g/mol. The van der Waals surface area contributed by atoms with Crippen LogP contribution in [-0.4, -0.2) is 44.4 Å². The molecule has 17 heavy (non-hydrogen) atoms. The van der Waals surface area contributed by atoms with E-state index in [1.165, 1.54) is 0 Å². The number of rotatable bonds is 5. The van der Waals surface area contributed by atoms with Gasteiger partial charge in [-0.2, -0.15) is 0 Å². The molecule has 1 atom stereocenters. The number of ether oxygens (including phenoxy) is 2. The number of nitrogens with zero attached hydrogens (tertiary/aromatic N) is 1. The topological polar surface area (TPSA) is 21.7 Å². The van der Waals surface area contributed by atoms with Gasteiger partial charge >= 0.3 is 0 Å². The Labute approximate surface area is 111 Å². The fourth-order valence-electron chi connectivity index (χ4n) is 2.04. The van der Waals surface area contributed by atoms with Crippen molar-refractivity contribution < 1.29 is 9.47 Å². The lowest BCUT2D eigenvalue weighted by Crippen LogP contribution is -2.27. The second-order valence-corrected chi connectivity index (χ2v) is 5.17. The van der Waals surface area contributed by atoms with Crippen LogP contribution >= 0.6 is 15.9 Å². The van der Waals surface area contributed by atoms with Gasteiger partial charge in [-0.05, 0) is 24.6 Å². The molecule has 0 aromatic heterocycles. The van der Waals surface area contributed by atoms with Gasteiger partial charge in [-0.1, -0.05) is 22.0 Å². The van der Waals surface area contributed by atoms with Gasteiger partial charge in [0.05, 0.1) is 6.10 Å². The SMILES string of the molecule is COC1CCN(CCOc2cccc(Br)c2)C1. The highest BCUT2D eigenvalue weighted by Crippen LogP contribution is 2.18. The minimum atomic E-state index is 0.404. The van der Waals surface area contributed by atoms with Gasteiger partial charge in [-0.15, -0.1) is 0 Å². The third-order valence-corrected chi connectivity index (χ3v) is 3.53. The zero-order valence-electron chi connectivity index (χ0n) is 10.1. The summed E-state index contributed by atoms with van der Waals surface area (Å²) in [6.07, 6.45) is 1.54. The zero-order chi connectivity index (χ0) is 12.1. The van der Waals surface area contributed by atoms with Crippen molar-refractivity contribution in [2.24, 2.45) is 0 Å². The van der Waals surface area contributed by atoms with E-state index >= 15 is 0 Å². The highest BCUT2D eigenvalue weighted by molar-refractivity contribution is 9.10. The largest absolute Gasteiger partial charge is 0.492 e. The molecule has 94 valence electrons. The highest BCUT2D eigenvalue weighted by atomic mass is 79.9. The number of halogens is 1. The molecule has 0 radical (unpaired) electrons. The Kier molecular flexibility index (Phi) is 4.83. The summed E-state index contributed by atoms with van der Waals surface area (Å²) in [6.45, 7) is 3.83. The van der Waals surface area contributed by atoms with Crippen LogP contribution in [0.5, 0.6) is 5.75 Å². The van der Waals surface area contributed by atoms with Crippen LogP contribution in [0.4, 0.5) is 0 Å². The van der Waals surface area contributed by atoms with Crippen molar-refractivity contribution in [3.63, 3.8) is 0 Å². The van der Waals surface area contributed by atoms with Gasteiger partial charge in [0.1, 0.15) is 12.4 Å². The predicted octanol–water partition coefficient (Wildman–Crippen LogP) is 2.55. The minimum absolute atomic E-state index is 0.404. The smallest absolute Gasteiger partial charge is 0.120 e. The first-order chi connectivity index (χ1) is 8.28. The maximum atomic E-state index is 5.71. The van der Waals surface area contributed by atoms with Crippen LogP contribution in [0.2, 0.25) is 0 Å². The molecule has 1 heterocycles. The molecule has 2 rings (SSSR count). The molecule has 1 aromatic rings. The number of benzene rings is 1. The average Bonchev–Trinajstić information content (AvgIpc) is 2.77. The lowest BCUT2D eigenvalue weighted by molar-refractivity contribution is 0.106. The van der Waals surface area contributed by atoms with E-state index in [4.69, 9.17) is 9.47 Å². The van der Waals surface area contributed by atoms with Gasteiger partial charge in [0.25, 0.3) is 0 Å². The molecule has 0 spiro atoms. The van der Waals surface area contributed by atoms with E-state index in [0.717, 1.165) is 42.9 Å². The van der Waals surface area contributed by atoms with Crippen molar-refractivity contribution in [2.45, 2.75) is 12.5 Å². The van der Waals surface area contributed by atoms with Crippen LogP contribution in [0.1, 0.15) is 6.42 Å². The lowest BCUT2D eigenvalue weighted by Gasteiger charge is -2.15. The fraction of sp³-hybridized carbons (Fsp3) is 0.538. The van der Waals surface area contributed by atoms with Crippen molar-refractivity contribution in [3.05, 3.63) is 28.7 Å². The Hall–Kier alpha value is -0.580. The molecule has 1 unspecified atom stereocenters. The molecule has 0 bridgehead atoms. The van der Waals surface area contributed by atoms with Gasteiger partial charge in [-0.25, -0.2) is 0 Å². The van der Waals surface area contributed by atoms with E-state index < -0.39 is 0 Å². The fourth-order valence-corrected chi connectivity index (χ4v) is 2.42. The minimum Gasteiger partial charge on any atom is -0.492 e. The Balaban J connectivity index is 1.70. The van der Waals surface area contributed by atoms with Crippen LogP contribution < -0.4 is 4.74 Å². The maximum absolute atomic E-state index is 5.71. The maximum Gasteiger partial charge on any atom is 0.120 e. The Morgan fingerprint density at radius 1 is 1.47 bits per heavy atom. The standard InChI is InChI=1S/C13H18BrNO2/c1-16-13-5-6-15(10-13)7-8-17-12-4-2-3-11(14)9-12/h2-4,9,13H,5-8,10H2,1H3. The summed E-state index contributed by atoms with van der Waals surface area (Å²) in [4.78, 5) is 2.38. The molecule has 1 aromatic carbocycles. The Morgan fingerprint density at radius 3 is 3.06 bits per heavy atom. The molecule has 1 aliphatic rings. The highest BCUT2D eigenvalue weighted by Gasteiger charge is 2.21. The van der Waals surface area contributed by atoms with E-state index in [-0.39, 0.29) is 0 Å². The predicted molar refractivity (Wildman–Crippen MR) is 71.5 cm³/mol. The van der Waals surface area contributed by atoms with Crippen LogP contribution in [0.3, 0.4) is 0 Å². The number of hydrogen-bond acceptors (Lipinski definition) is 3. The molecule has 3 nitrogen and oxygen atoms in total. The lowest BCUT2D eigenvalue weighted by atomic mass is 10.3. The van der Waals surface area contributed by atoms with Gasteiger partial charge in [0.2, 0.25) is 0 Å². The van der Waals surface area contributed by atoms with E-state index in [1.54, 1.807) is 7.11 Å². The Morgan fingerprint density at radius 2 is 2.35 bits per heavy atom. The summed E-state index contributed by atoms with van der Waals surface area (Å²) < 4.78 is 12.1. The average molecular weight is 300 g/mol. The second kappa shape index (κ2) is 6.38. The van der Waals surface area contributed by atoms with Crippen molar-refractivity contribution in [1.29, 1.82) is 0 Å². The van der Waals surface area contributed by atoms with Gasteiger partial charge < -0.3 is 9.47 Å². The molecule has 1 aliphatic heterocycles. The van der Waals surface area contributed by atoms with Crippen molar-refractivity contribution in [2.75, 3.05) is 33.4 Å². The number of hydrogen-bond donors (Lipinski definition) is 0. The van der Waals surface area contributed by atoms with E-state index in [0.29, 0.717) is 6.10 Å². The first-order valence-corrected chi connectivity index (χ1v) is 6.71. The van der Waals surface area contributed by atoms with Crippen LogP contribution in [-0.2, 0) is 4.74 Å². The first-order valence-electron chi connectivity index (χ1n) is 5.91. The normalized spacial score (nSPS) is 20.7. The van der Waals surface area contributed by atoms with Gasteiger partial charge in [-0.3, -0.25) is 4.90 Å². The van der Waals surface area contributed by atoms with E-state index in [1.807, 2.05) is 24.3 Å². The summed E-state index contributed by atoms with van der Waals surface area (Å²) in [5, 5.41) is 0. The van der Waals surface area contributed by atoms with Crippen LogP contribution in [0.15, 0.2) is 28.7 Å². The molecule has 0 saturated carbocycles. The molecular weight excluding hydrogens is 282 g/mol. The number of likely N-dealkylation sites (tertiary alicyclic amines) is 1. The van der Waals surface area contributed by atoms with Crippen molar-refractivity contribution in [3.8, 4) is 5.75 Å². The summed E-state index contributed by atoms with van der Waals surface area (Å²) in [6, 6.07) is 7.95. The third-order valence-electron chi connectivity index (χ3n) is 3.03. The van der Waals surface area contributed by atoms with E-state index in [2.05, 4.69) is 20.8 Å².